The lowest BCUT2D eigenvalue weighted by atomic mass is 9.51. The van der Waals surface area contributed by atoms with Gasteiger partial charge in [-0.2, -0.15) is 0 Å². The molecule has 0 bridgehead atoms. The van der Waals surface area contributed by atoms with Crippen molar-refractivity contribution in [1.29, 1.82) is 0 Å². The quantitative estimate of drug-likeness (QED) is 0.249. The van der Waals surface area contributed by atoms with Crippen LogP contribution in [0.2, 0.25) is 0 Å². The van der Waals surface area contributed by atoms with E-state index in [2.05, 4.69) is 31.9 Å². The van der Waals surface area contributed by atoms with Crippen molar-refractivity contribution in [2.45, 2.75) is 25.7 Å². The Balaban J connectivity index is 1.40. The number of carbonyl (C=O) groups is 4. The number of methoxy groups -OCH3 is 1. The van der Waals surface area contributed by atoms with Crippen LogP contribution >= 0.6 is 31.9 Å². The molecule has 6 atom stereocenters. The van der Waals surface area contributed by atoms with Crippen molar-refractivity contribution in [2.75, 3.05) is 16.9 Å². The van der Waals surface area contributed by atoms with E-state index in [1.54, 1.807) is 67.6 Å². The van der Waals surface area contributed by atoms with Gasteiger partial charge in [-0.25, -0.2) is 4.90 Å². The fourth-order valence-corrected chi connectivity index (χ4v) is 8.72. The number of hydrogen-bond acceptors (Lipinski definition) is 6. The number of aromatic hydroxyl groups is 1. The van der Waals surface area contributed by atoms with Crippen molar-refractivity contribution >= 4 is 66.9 Å². The van der Waals surface area contributed by atoms with Crippen LogP contribution in [0, 0.1) is 29.1 Å². The molecule has 224 valence electrons. The number of carbonyl (C=O) groups excluding carboxylic acids is 4. The molecule has 7 rings (SSSR count). The molecule has 1 saturated carbocycles. The van der Waals surface area contributed by atoms with Crippen LogP contribution in [0.1, 0.15) is 31.2 Å². The number of ether oxygens (including phenoxy) is 1. The molecular weight excluding hydrogens is 692 g/mol. The fourth-order valence-electron chi connectivity index (χ4n) is 8.00. The van der Waals surface area contributed by atoms with Gasteiger partial charge in [-0.3, -0.25) is 24.1 Å². The third-order valence-corrected chi connectivity index (χ3v) is 11.0. The normalized spacial score (nSPS) is 29.4. The van der Waals surface area contributed by atoms with Gasteiger partial charge in [0, 0.05) is 20.4 Å². The Labute approximate surface area is 270 Å². The first kappa shape index (κ1) is 29.0. The van der Waals surface area contributed by atoms with Gasteiger partial charge >= 0.3 is 0 Å². The molecule has 0 radical (unpaired) electrons. The number of phenolic OH excluding ortho intramolecular Hbond substituents is 1. The maximum atomic E-state index is 14.5. The summed E-state index contributed by atoms with van der Waals surface area (Å²) in [5.74, 6) is -4.55. The van der Waals surface area contributed by atoms with Crippen molar-refractivity contribution in [3.63, 3.8) is 0 Å². The molecule has 2 aliphatic heterocycles. The summed E-state index contributed by atoms with van der Waals surface area (Å²) in [5, 5.41) is 11.5. The molecule has 3 fully saturated rings. The van der Waals surface area contributed by atoms with Gasteiger partial charge in [-0.1, -0.05) is 61.7 Å². The second-order valence-electron chi connectivity index (χ2n) is 12.0. The highest BCUT2D eigenvalue weighted by atomic mass is 79.9. The average molecular weight is 720 g/mol. The number of nitrogens with zero attached hydrogens (tertiary/aromatic N) is 2. The number of halogens is 2. The van der Waals surface area contributed by atoms with E-state index in [1.807, 2.05) is 12.1 Å². The molecule has 2 aliphatic carbocycles. The molecule has 8 nitrogen and oxygen atoms in total. The van der Waals surface area contributed by atoms with Crippen LogP contribution < -0.4 is 14.5 Å². The Kier molecular flexibility index (Phi) is 6.86. The molecule has 3 aromatic carbocycles. The molecule has 6 unspecified atom stereocenters. The van der Waals surface area contributed by atoms with Crippen LogP contribution in [0.5, 0.6) is 11.5 Å². The predicted molar refractivity (Wildman–Crippen MR) is 170 cm³/mol. The monoisotopic (exact) mass is 718 g/mol. The van der Waals surface area contributed by atoms with E-state index in [0.29, 0.717) is 27.8 Å². The lowest BCUT2D eigenvalue weighted by Crippen LogP contribution is -2.49. The number of allylic oxidation sites excluding steroid dienone is 2. The van der Waals surface area contributed by atoms with Crippen molar-refractivity contribution in [2.24, 2.45) is 29.1 Å². The largest absolute Gasteiger partial charge is 0.504 e. The number of hydrogen-bond donors (Lipinski definition) is 1. The standard InChI is InChI=1S/C34H28Br2N2O6/c1-34-25(31(41)38(33(34)43)19-6-4-3-5-7-19)16-23-21(28(34)24-14-18(36)15-26(44-2)29(24)39)12-13-22-27(23)32(42)37(30(22)40)20-10-8-17(35)9-11-20/h3-12,14-15,22-23,25,27-28,39H,13,16H2,1-2H3. The smallest absolute Gasteiger partial charge is 0.241 e. The summed E-state index contributed by atoms with van der Waals surface area (Å²) in [6, 6.07) is 19.2. The first-order valence-electron chi connectivity index (χ1n) is 14.4. The predicted octanol–water partition coefficient (Wildman–Crippen LogP) is 6.36. The summed E-state index contributed by atoms with van der Waals surface area (Å²) in [6.07, 6.45) is 2.50. The van der Waals surface area contributed by atoms with Crippen molar-refractivity contribution < 1.29 is 29.0 Å². The number of imide groups is 2. The Morgan fingerprint density at radius 3 is 2.20 bits per heavy atom. The Hall–Kier alpha value is -3.76. The molecule has 0 spiro atoms. The molecule has 3 aromatic rings. The molecular formula is C34H28Br2N2O6. The zero-order valence-electron chi connectivity index (χ0n) is 23.9. The van der Waals surface area contributed by atoms with Crippen LogP contribution in [0.25, 0.3) is 0 Å². The number of anilines is 2. The minimum Gasteiger partial charge on any atom is -0.504 e. The molecule has 1 N–H and O–H groups in total. The average Bonchev–Trinajstić information content (AvgIpc) is 3.38. The van der Waals surface area contributed by atoms with Gasteiger partial charge in [-0.05, 0) is 74.2 Å². The first-order valence-corrected chi connectivity index (χ1v) is 16.0. The Bertz CT molecular complexity index is 1770. The van der Waals surface area contributed by atoms with E-state index in [1.165, 1.54) is 16.9 Å². The highest BCUT2D eigenvalue weighted by Gasteiger charge is 2.68. The van der Waals surface area contributed by atoms with Gasteiger partial charge in [0.15, 0.2) is 11.5 Å². The van der Waals surface area contributed by atoms with Gasteiger partial charge in [0.2, 0.25) is 23.6 Å². The van der Waals surface area contributed by atoms with E-state index < -0.39 is 35.0 Å². The highest BCUT2D eigenvalue weighted by Crippen LogP contribution is 2.65. The van der Waals surface area contributed by atoms with Gasteiger partial charge in [0.25, 0.3) is 0 Å². The first-order chi connectivity index (χ1) is 21.1. The summed E-state index contributed by atoms with van der Waals surface area (Å²) in [4.78, 5) is 59.2. The van der Waals surface area contributed by atoms with Crippen molar-refractivity contribution in [3.8, 4) is 11.5 Å². The minimum absolute atomic E-state index is 0.131. The molecule has 0 aromatic heterocycles. The van der Waals surface area contributed by atoms with Gasteiger partial charge in [0.05, 0.1) is 41.7 Å². The number of rotatable bonds is 4. The molecule has 10 heteroatoms. The molecule has 4 amide bonds. The van der Waals surface area contributed by atoms with E-state index in [0.717, 1.165) is 10.0 Å². The molecule has 2 saturated heterocycles. The van der Waals surface area contributed by atoms with E-state index in [-0.39, 0.29) is 41.5 Å². The van der Waals surface area contributed by atoms with E-state index in [9.17, 15) is 24.3 Å². The van der Waals surface area contributed by atoms with Crippen LogP contribution in [-0.4, -0.2) is 35.8 Å². The van der Waals surface area contributed by atoms with Crippen LogP contribution in [0.15, 0.2) is 87.3 Å². The summed E-state index contributed by atoms with van der Waals surface area (Å²) in [5.41, 5.74) is 0.901. The number of phenols is 1. The second kappa shape index (κ2) is 10.4. The minimum atomic E-state index is -1.28. The van der Waals surface area contributed by atoms with E-state index >= 15 is 0 Å². The van der Waals surface area contributed by atoms with Gasteiger partial charge < -0.3 is 9.84 Å². The Morgan fingerprint density at radius 1 is 0.841 bits per heavy atom. The van der Waals surface area contributed by atoms with Crippen LogP contribution in [-0.2, 0) is 19.2 Å². The lowest BCUT2D eigenvalue weighted by Gasteiger charge is -2.49. The highest BCUT2D eigenvalue weighted by molar-refractivity contribution is 9.10. The third kappa shape index (κ3) is 3.99. The summed E-state index contributed by atoms with van der Waals surface area (Å²) >= 11 is 6.94. The molecule has 44 heavy (non-hydrogen) atoms. The maximum absolute atomic E-state index is 14.5. The van der Waals surface area contributed by atoms with Crippen LogP contribution in [0.4, 0.5) is 11.4 Å². The zero-order chi connectivity index (χ0) is 31.1. The summed E-state index contributed by atoms with van der Waals surface area (Å²) < 4.78 is 6.93. The number of para-hydroxylation sites is 1. The number of fused-ring (bicyclic) bond motifs is 4. The number of amides is 4. The molecule has 2 heterocycles. The second-order valence-corrected chi connectivity index (χ2v) is 13.9. The van der Waals surface area contributed by atoms with Gasteiger partial charge in [0.1, 0.15) is 0 Å². The topological polar surface area (TPSA) is 104 Å². The van der Waals surface area contributed by atoms with E-state index in [4.69, 9.17) is 4.74 Å². The lowest BCUT2D eigenvalue weighted by molar-refractivity contribution is -0.131. The zero-order valence-corrected chi connectivity index (χ0v) is 27.0. The summed E-state index contributed by atoms with van der Waals surface area (Å²) in [6.45, 7) is 1.79. The molecule has 4 aliphatic rings. The Morgan fingerprint density at radius 2 is 1.52 bits per heavy atom. The fraction of sp³-hybridized carbons (Fsp3) is 0.294. The SMILES string of the molecule is COc1cc(Br)cc(C2C3=CCC4C(=O)N(c5ccc(Br)cc5)C(=O)C4C3CC3C(=O)N(c4ccccc4)C(=O)C32C)c1O. The number of benzene rings is 3. The third-order valence-electron chi connectivity index (χ3n) is 9.97. The maximum Gasteiger partial charge on any atom is 0.241 e. The van der Waals surface area contributed by atoms with Crippen molar-refractivity contribution in [3.05, 3.63) is 92.9 Å². The van der Waals surface area contributed by atoms with Gasteiger partial charge in [-0.15, -0.1) is 0 Å². The summed E-state index contributed by atoms with van der Waals surface area (Å²) in [7, 11) is 1.45. The van der Waals surface area contributed by atoms with Crippen LogP contribution in [0.3, 0.4) is 0 Å². The van der Waals surface area contributed by atoms with Crippen molar-refractivity contribution in [1.82, 2.24) is 0 Å².